The van der Waals surface area contributed by atoms with E-state index in [2.05, 4.69) is 15.9 Å². The molecule has 0 amide bonds. The Labute approximate surface area is 116 Å². The molecule has 0 aromatic heterocycles. The van der Waals surface area contributed by atoms with E-state index in [0.29, 0.717) is 18.7 Å². The van der Waals surface area contributed by atoms with E-state index >= 15 is 0 Å². The molecule has 0 saturated carbocycles. The number of benzene rings is 1. The largest absolute Gasteiger partial charge is 0.492 e. The van der Waals surface area contributed by atoms with E-state index in [4.69, 9.17) is 10.5 Å². The van der Waals surface area contributed by atoms with Crippen molar-refractivity contribution in [3.63, 3.8) is 0 Å². The van der Waals surface area contributed by atoms with Crippen molar-refractivity contribution < 1.29 is 17.9 Å². The smallest absolute Gasteiger partial charge is 0.441 e. The monoisotopic (exact) mass is 343 g/mol. The average Bonchev–Trinajstić information content (AvgIpc) is 2.26. The van der Waals surface area contributed by atoms with Crippen LogP contribution in [-0.4, -0.2) is 24.4 Å². The molecule has 0 fully saturated rings. The maximum atomic E-state index is 11.9. The van der Waals surface area contributed by atoms with Gasteiger partial charge in [0.25, 0.3) is 0 Å². The Hall–Kier alpha value is -0.400. The van der Waals surface area contributed by atoms with Gasteiger partial charge in [-0.2, -0.15) is 13.2 Å². The number of halogens is 4. The fraction of sp³-hybridized carbons (Fsp3) is 0.455. The minimum atomic E-state index is -4.21. The van der Waals surface area contributed by atoms with Gasteiger partial charge in [0.05, 0.1) is 6.61 Å². The maximum absolute atomic E-state index is 11.9. The quantitative estimate of drug-likeness (QED) is 0.802. The second-order valence-corrected chi connectivity index (χ2v) is 5.51. The highest BCUT2D eigenvalue weighted by atomic mass is 79.9. The number of hydrogen-bond donors (Lipinski definition) is 1. The molecule has 7 heteroatoms. The number of hydrogen-bond acceptors (Lipinski definition) is 3. The molecule has 1 rings (SSSR count). The summed E-state index contributed by atoms with van der Waals surface area (Å²) >= 11 is 3.24. The van der Waals surface area contributed by atoms with Gasteiger partial charge in [0.1, 0.15) is 5.75 Å². The highest BCUT2D eigenvalue weighted by molar-refractivity contribution is 9.10. The van der Waals surface area contributed by atoms with Crippen LogP contribution in [0.4, 0.5) is 13.2 Å². The van der Waals surface area contributed by atoms with Crippen LogP contribution in [0.1, 0.15) is 5.56 Å². The molecule has 0 atom stereocenters. The summed E-state index contributed by atoms with van der Waals surface area (Å²) in [5, 5.41) is 0. The zero-order valence-electron chi connectivity index (χ0n) is 9.47. The molecule has 0 aliphatic heterocycles. The van der Waals surface area contributed by atoms with Crippen LogP contribution in [-0.2, 0) is 6.42 Å². The van der Waals surface area contributed by atoms with Crippen LogP contribution in [0.3, 0.4) is 0 Å². The van der Waals surface area contributed by atoms with Crippen LogP contribution in [0.5, 0.6) is 5.75 Å². The van der Waals surface area contributed by atoms with Gasteiger partial charge in [-0.25, -0.2) is 0 Å². The maximum Gasteiger partial charge on any atom is 0.441 e. The van der Waals surface area contributed by atoms with Crippen molar-refractivity contribution in [1.82, 2.24) is 0 Å². The van der Waals surface area contributed by atoms with E-state index in [9.17, 15) is 13.2 Å². The second kappa shape index (κ2) is 7.25. The van der Waals surface area contributed by atoms with E-state index in [1.165, 1.54) is 0 Å². The number of nitrogens with two attached hydrogens (primary N) is 1. The second-order valence-electron chi connectivity index (χ2n) is 3.43. The highest BCUT2D eigenvalue weighted by Gasteiger charge is 2.27. The van der Waals surface area contributed by atoms with Gasteiger partial charge in [0.15, 0.2) is 0 Å². The van der Waals surface area contributed by atoms with Gasteiger partial charge in [-0.3, -0.25) is 0 Å². The lowest BCUT2D eigenvalue weighted by Gasteiger charge is -2.12. The molecule has 0 spiro atoms. The molecule has 0 aliphatic rings. The molecule has 18 heavy (non-hydrogen) atoms. The first-order valence-electron chi connectivity index (χ1n) is 5.24. The molecule has 0 saturated heterocycles. The van der Waals surface area contributed by atoms with Gasteiger partial charge in [-0.05, 0) is 48.5 Å². The number of rotatable bonds is 6. The Kier molecular flexibility index (Phi) is 6.31. The van der Waals surface area contributed by atoms with Gasteiger partial charge in [0, 0.05) is 10.2 Å². The summed E-state index contributed by atoms with van der Waals surface area (Å²) in [5.41, 5.74) is 2.15. The van der Waals surface area contributed by atoms with Gasteiger partial charge < -0.3 is 10.5 Å². The Morgan fingerprint density at radius 1 is 1.33 bits per heavy atom. The summed E-state index contributed by atoms with van der Waals surface area (Å²) in [7, 11) is 0. The molecule has 0 heterocycles. The molecule has 1 aromatic carbocycles. The van der Waals surface area contributed by atoms with Crippen molar-refractivity contribution in [2.75, 3.05) is 18.9 Å². The SMILES string of the molecule is NCCc1cc(Br)ccc1OCCSC(F)(F)F. The molecular formula is C11H13BrF3NOS. The normalized spacial score (nSPS) is 11.6. The predicted octanol–water partition coefficient (Wildman–Crippen LogP) is 3.58. The molecule has 2 nitrogen and oxygen atoms in total. The third-order valence-corrected chi connectivity index (χ3v) is 3.23. The fourth-order valence-electron chi connectivity index (χ4n) is 1.35. The summed E-state index contributed by atoms with van der Waals surface area (Å²) in [6.07, 6.45) is 0.626. The number of alkyl halides is 3. The van der Waals surface area contributed by atoms with Crippen molar-refractivity contribution in [1.29, 1.82) is 0 Å². The summed E-state index contributed by atoms with van der Waals surface area (Å²) in [4.78, 5) is 0. The van der Waals surface area contributed by atoms with Crippen molar-refractivity contribution in [3.8, 4) is 5.75 Å². The Morgan fingerprint density at radius 3 is 2.67 bits per heavy atom. The van der Waals surface area contributed by atoms with Crippen molar-refractivity contribution in [3.05, 3.63) is 28.2 Å². The lowest BCUT2D eigenvalue weighted by molar-refractivity contribution is -0.0329. The molecule has 0 bridgehead atoms. The molecule has 0 aliphatic carbocycles. The first kappa shape index (κ1) is 15.7. The van der Waals surface area contributed by atoms with Gasteiger partial charge >= 0.3 is 5.51 Å². The minimum absolute atomic E-state index is 0.0172. The number of thioether (sulfide) groups is 1. The standard InChI is InChI=1S/C11H13BrF3NOS/c12-9-1-2-10(8(7-9)3-4-16)17-5-6-18-11(13,14)15/h1-2,7H,3-6,16H2. The fourth-order valence-corrected chi connectivity index (χ4v) is 2.16. The zero-order chi connectivity index (χ0) is 13.6. The van der Waals surface area contributed by atoms with Crippen molar-refractivity contribution in [2.45, 2.75) is 11.9 Å². The molecule has 102 valence electrons. The van der Waals surface area contributed by atoms with Gasteiger partial charge in [-0.15, -0.1) is 0 Å². The third-order valence-electron chi connectivity index (χ3n) is 2.04. The van der Waals surface area contributed by atoms with Crippen LogP contribution in [0, 0.1) is 0 Å². The van der Waals surface area contributed by atoms with E-state index in [0.717, 1.165) is 10.0 Å². The summed E-state index contributed by atoms with van der Waals surface area (Å²) in [6, 6.07) is 5.37. The van der Waals surface area contributed by atoms with Crippen LogP contribution in [0.25, 0.3) is 0 Å². The van der Waals surface area contributed by atoms with E-state index in [1.807, 2.05) is 6.07 Å². The van der Waals surface area contributed by atoms with Crippen molar-refractivity contribution in [2.24, 2.45) is 5.73 Å². The minimum Gasteiger partial charge on any atom is -0.492 e. The topological polar surface area (TPSA) is 35.2 Å². The Bertz CT molecular complexity index is 387. The van der Waals surface area contributed by atoms with Crippen LogP contribution in [0.15, 0.2) is 22.7 Å². The van der Waals surface area contributed by atoms with Crippen LogP contribution in [0.2, 0.25) is 0 Å². The molecule has 1 aromatic rings. The lowest BCUT2D eigenvalue weighted by atomic mass is 10.1. The first-order valence-corrected chi connectivity index (χ1v) is 7.02. The average molecular weight is 344 g/mol. The van der Waals surface area contributed by atoms with Crippen molar-refractivity contribution >= 4 is 27.7 Å². The molecule has 0 unspecified atom stereocenters. The molecular weight excluding hydrogens is 331 g/mol. The lowest BCUT2D eigenvalue weighted by Crippen LogP contribution is -2.09. The van der Waals surface area contributed by atoms with Crippen LogP contribution < -0.4 is 10.5 Å². The van der Waals surface area contributed by atoms with E-state index in [-0.39, 0.29) is 24.1 Å². The summed E-state index contributed by atoms with van der Waals surface area (Å²) in [6.45, 7) is 0.480. The highest BCUT2D eigenvalue weighted by Crippen LogP contribution is 2.30. The first-order chi connectivity index (χ1) is 8.42. The molecule has 2 N–H and O–H groups in total. The Balaban J connectivity index is 2.51. The predicted molar refractivity (Wildman–Crippen MR) is 70.9 cm³/mol. The molecule has 0 radical (unpaired) electrons. The van der Waals surface area contributed by atoms with E-state index < -0.39 is 5.51 Å². The zero-order valence-corrected chi connectivity index (χ0v) is 11.9. The summed E-state index contributed by atoms with van der Waals surface area (Å²) < 4.78 is 42.0. The van der Waals surface area contributed by atoms with Gasteiger partial charge in [0.2, 0.25) is 0 Å². The Morgan fingerprint density at radius 2 is 2.06 bits per heavy atom. The van der Waals surface area contributed by atoms with E-state index in [1.54, 1.807) is 12.1 Å². The summed E-state index contributed by atoms with van der Waals surface area (Å²) in [5.74, 6) is 0.466. The number of ether oxygens (including phenoxy) is 1. The van der Waals surface area contributed by atoms with Crippen LogP contribution >= 0.6 is 27.7 Å². The van der Waals surface area contributed by atoms with Gasteiger partial charge in [-0.1, -0.05) is 15.9 Å². The third kappa shape index (κ3) is 5.97.